The van der Waals surface area contributed by atoms with Crippen molar-refractivity contribution in [3.63, 3.8) is 0 Å². The van der Waals surface area contributed by atoms with Crippen molar-refractivity contribution < 1.29 is 0 Å². The molecule has 124 valence electrons. The zero-order valence-electron chi connectivity index (χ0n) is 13.7. The van der Waals surface area contributed by atoms with Gasteiger partial charge in [-0.1, -0.05) is 55.3 Å². The monoisotopic (exact) mass is 423 g/mol. The van der Waals surface area contributed by atoms with Crippen LogP contribution in [0.3, 0.4) is 0 Å². The molecule has 3 rings (SSSR count). The molecule has 2 N–H and O–H groups in total. The maximum absolute atomic E-state index is 4.33. The number of guanidine groups is 1. The van der Waals surface area contributed by atoms with Gasteiger partial charge in [-0.05, 0) is 35.6 Å². The van der Waals surface area contributed by atoms with Crippen LogP contribution in [0.5, 0.6) is 0 Å². The molecule has 0 radical (unpaired) electrons. The second kappa shape index (κ2) is 9.11. The Morgan fingerprint density at radius 1 is 1.09 bits per heavy atom. The van der Waals surface area contributed by atoms with Crippen molar-refractivity contribution in [2.45, 2.75) is 38.1 Å². The Kier molecular flexibility index (Phi) is 7.15. The van der Waals surface area contributed by atoms with E-state index in [1.807, 2.05) is 7.05 Å². The van der Waals surface area contributed by atoms with Gasteiger partial charge in [-0.2, -0.15) is 0 Å². The fraction of sp³-hybridized carbons (Fsp3) is 0.421. The number of aliphatic imine (C=N–C) groups is 1. The first-order valence-electron chi connectivity index (χ1n) is 8.30. The summed E-state index contributed by atoms with van der Waals surface area (Å²) in [5.74, 6) is 0.938. The lowest BCUT2D eigenvalue weighted by molar-refractivity contribution is 0.613. The number of hydrogen-bond donors (Lipinski definition) is 2. The van der Waals surface area contributed by atoms with Crippen LogP contribution in [0, 0.1) is 0 Å². The molecule has 0 saturated heterocycles. The third-order valence-corrected chi connectivity index (χ3v) is 4.44. The lowest BCUT2D eigenvalue weighted by atomic mass is 10.1. The average molecular weight is 423 g/mol. The van der Waals surface area contributed by atoms with Crippen LogP contribution in [-0.4, -0.2) is 25.6 Å². The van der Waals surface area contributed by atoms with Crippen molar-refractivity contribution in [1.82, 2.24) is 10.6 Å². The fourth-order valence-electron chi connectivity index (χ4n) is 3.18. The van der Waals surface area contributed by atoms with E-state index in [0.717, 1.165) is 18.9 Å². The van der Waals surface area contributed by atoms with E-state index < -0.39 is 0 Å². The van der Waals surface area contributed by atoms with Crippen LogP contribution in [0.15, 0.2) is 47.5 Å². The van der Waals surface area contributed by atoms with E-state index >= 15 is 0 Å². The number of nitrogens with one attached hydrogen (secondary N) is 2. The van der Waals surface area contributed by atoms with E-state index in [0.29, 0.717) is 6.04 Å². The predicted octanol–water partition coefficient (Wildman–Crippen LogP) is 4.11. The minimum Gasteiger partial charge on any atom is -0.356 e. The molecule has 4 heteroatoms. The highest BCUT2D eigenvalue weighted by molar-refractivity contribution is 14.0. The third kappa shape index (κ3) is 5.09. The molecule has 1 fully saturated rings. The van der Waals surface area contributed by atoms with Gasteiger partial charge in [-0.25, -0.2) is 0 Å². The highest BCUT2D eigenvalue weighted by Gasteiger charge is 2.15. The second-order valence-electron chi connectivity index (χ2n) is 6.06. The number of nitrogens with zero attached hydrogens (tertiary/aromatic N) is 1. The van der Waals surface area contributed by atoms with E-state index in [9.17, 15) is 0 Å². The molecule has 0 unspecified atom stereocenters. The zero-order valence-corrected chi connectivity index (χ0v) is 16.0. The molecule has 23 heavy (non-hydrogen) atoms. The Morgan fingerprint density at radius 3 is 2.57 bits per heavy atom. The number of halogens is 1. The SMILES string of the molecule is CN=C(NCCc1ccc2ccccc2c1)NC1CCCC1.I. The molecule has 1 saturated carbocycles. The molecule has 1 aliphatic rings. The molecule has 0 aliphatic heterocycles. The van der Waals surface area contributed by atoms with Crippen molar-refractivity contribution in [3.8, 4) is 0 Å². The summed E-state index contributed by atoms with van der Waals surface area (Å²) >= 11 is 0. The molecule has 2 aromatic carbocycles. The molecular formula is C19H26IN3. The molecule has 0 heterocycles. The summed E-state index contributed by atoms with van der Waals surface area (Å²) in [6.07, 6.45) is 6.23. The van der Waals surface area contributed by atoms with Crippen molar-refractivity contribution >= 4 is 40.7 Å². The molecule has 0 bridgehead atoms. The van der Waals surface area contributed by atoms with Gasteiger partial charge in [0.05, 0.1) is 0 Å². The van der Waals surface area contributed by atoms with Gasteiger partial charge in [0.1, 0.15) is 0 Å². The van der Waals surface area contributed by atoms with Gasteiger partial charge >= 0.3 is 0 Å². The van der Waals surface area contributed by atoms with Crippen LogP contribution in [0.2, 0.25) is 0 Å². The highest BCUT2D eigenvalue weighted by Crippen LogP contribution is 2.17. The summed E-state index contributed by atoms with van der Waals surface area (Å²) in [5.41, 5.74) is 1.36. The maximum Gasteiger partial charge on any atom is 0.191 e. The van der Waals surface area contributed by atoms with Crippen molar-refractivity contribution in [2.75, 3.05) is 13.6 Å². The Hall–Kier alpha value is -1.30. The van der Waals surface area contributed by atoms with E-state index in [4.69, 9.17) is 0 Å². The standard InChI is InChI=1S/C19H25N3.HI/c1-20-19(22-18-8-4-5-9-18)21-13-12-15-10-11-16-6-2-3-7-17(16)14-15;/h2-3,6-7,10-11,14,18H,4-5,8-9,12-13H2,1H3,(H2,20,21,22);1H. The lowest BCUT2D eigenvalue weighted by Crippen LogP contribution is -2.42. The Morgan fingerprint density at radius 2 is 1.83 bits per heavy atom. The maximum atomic E-state index is 4.33. The van der Waals surface area contributed by atoms with Gasteiger partial charge in [0, 0.05) is 19.6 Å². The molecule has 1 aliphatic carbocycles. The van der Waals surface area contributed by atoms with Crippen LogP contribution in [0.1, 0.15) is 31.2 Å². The van der Waals surface area contributed by atoms with Gasteiger partial charge in [-0.15, -0.1) is 24.0 Å². The van der Waals surface area contributed by atoms with E-state index in [-0.39, 0.29) is 24.0 Å². The average Bonchev–Trinajstić information content (AvgIpc) is 3.07. The van der Waals surface area contributed by atoms with Crippen LogP contribution < -0.4 is 10.6 Å². The van der Waals surface area contributed by atoms with E-state index in [1.54, 1.807) is 0 Å². The van der Waals surface area contributed by atoms with Crippen molar-refractivity contribution in [2.24, 2.45) is 4.99 Å². The molecule has 3 nitrogen and oxygen atoms in total. The first-order valence-corrected chi connectivity index (χ1v) is 8.30. The Labute approximate surface area is 156 Å². The fourth-order valence-corrected chi connectivity index (χ4v) is 3.18. The summed E-state index contributed by atoms with van der Waals surface area (Å²) in [6, 6.07) is 15.8. The minimum absolute atomic E-state index is 0. The Balaban J connectivity index is 0.00000192. The van der Waals surface area contributed by atoms with Gasteiger partial charge in [0.15, 0.2) is 5.96 Å². The van der Waals surface area contributed by atoms with Gasteiger partial charge in [-0.3, -0.25) is 4.99 Å². The lowest BCUT2D eigenvalue weighted by Gasteiger charge is -2.16. The van der Waals surface area contributed by atoms with E-state index in [2.05, 4.69) is 58.1 Å². The molecule has 2 aromatic rings. The minimum atomic E-state index is 0. The molecular weight excluding hydrogens is 397 g/mol. The van der Waals surface area contributed by atoms with Gasteiger partial charge < -0.3 is 10.6 Å². The van der Waals surface area contributed by atoms with Crippen molar-refractivity contribution in [3.05, 3.63) is 48.0 Å². The van der Waals surface area contributed by atoms with E-state index in [1.165, 1.54) is 42.0 Å². The smallest absolute Gasteiger partial charge is 0.191 e. The van der Waals surface area contributed by atoms with Crippen molar-refractivity contribution in [1.29, 1.82) is 0 Å². The first-order chi connectivity index (χ1) is 10.8. The molecule has 0 amide bonds. The van der Waals surface area contributed by atoms with Gasteiger partial charge in [0.2, 0.25) is 0 Å². The summed E-state index contributed by atoms with van der Waals surface area (Å²) in [7, 11) is 1.85. The first kappa shape index (κ1) is 18.0. The molecule has 0 aromatic heterocycles. The molecule has 0 atom stereocenters. The van der Waals surface area contributed by atoms with Crippen LogP contribution in [0.25, 0.3) is 10.8 Å². The quantitative estimate of drug-likeness (QED) is 0.441. The number of benzene rings is 2. The predicted molar refractivity (Wildman–Crippen MR) is 110 cm³/mol. The number of fused-ring (bicyclic) bond motifs is 1. The second-order valence-corrected chi connectivity index (χ2v) is 6.06. The Bertz CT molecular complexity index is 648. The summed E-state index contributed by atoms with van der Waals surface area (Å²) in [6.45, 7) is 0.907. The topological polar surface area (TPSA) is 36.4 Å². The summed E-state index contributed by atoms with van der Waals surface area (Å²) in [4.78, 5) is 4.33. The third-order valence-electron chi connectivity index (χ3n) is 4.44. The largest absolute Gasteiger partial charge is 0.356 e. The van der Waals surface area contributed by atoms with Crippen LogP contribution in [0.4, 0.5) is 0 Å². The normalized spacial score (nSPS) is 15.4. The summed E-state index contributed by atoms with van der Waals surface area (Å²) in [5, 5.41) is 9.57. The highest BCUT2D eigenvalue weighted by atomic mass is 127. The number of rotatable bonds is 4. The van der Waals surface area contributed by atoms with Crippen LogP contribution >= 0.6 is 24.0 Å². The number of hydrogen-bond acceptors (Lipinski definition) is 1. The zero-order chi connectivity index (χ0) is 15.2. The summed E-state index contributed by atoms with van der Waals surface area (Å²) < 4.78 is 0. The van der Waals surface area contributed by atoms with Gasteiger partial charge in [0.25, 0.3) is 0 Å². The molecule has 0 spiro atoms. The van der Waals surface area contributed by atoms with Crippen LogP contribution in [-0.2, 0) is 6.42 Å².